The monoisotopic (exact) mass is 375 g/mol. The number of aromatic amines is 1. The van der Waals surface area contributed by atoms with E-state index in [1.54, 1.807) is 24.3 Å². The third kappa shape index (κ3) is 3.81. The van der Waals surface area contributed by atoms with Crippen molar-refractivity contribution in [3.63, 3.8) is 0 Å². The van der Waals surface area contributed by atoms with Gasteiger partial charge in [-0.25, -0.2) is 0 Å². The summed E-state index contributed by atoms with van der Waals surface area (Å²) in [6, 6.07) is 16.0. The molecule has 4 rings (SSSR count). The molecular weight excluding hydrogens is 354 g/mol. The first-order chi connectivity index (χ1) is 13.5. The van der Waals surface area contributed by atoms with Crippen molar-refractivity contribution in [2.45, 2.75) is 25.8 Å². The van der Waals surface area contributed by atoms with Gasteiger partial charge in [0.25, 0.3) is 11.5 Å². The van der Waals surface area contributed by atoms with Gasteiger partial charge in [0.1, 0.15) is 5.69 Å². The molecule has 0 radical (unpaired) electrons. The van der Waals surface area contributed by atoms with E-state index in [2.05, 4.69) is 15.6 Å². The van der Waals surface area contributed by atoms with Crippen molar-refractivity contribution in [2.24, 2.45) is 5.92 Å². The molecule has 2 amide bonds. The lowest BCUT2D eigenvalue weighted by molar-refractivity contribution is -0.117. The molecule has 1 aromatic heterocycles. The Morgan fingerprint density at radius 1 is 1.07 bits per heavy atom. The summed E-state index contributed by atoms with van der Waals surface area (Å²) >= 11 is 0. The van der Waals surface area contributed by atoms with Crippen molar-refractivity contribution in [3.05, 3.63) is 76.2 Å². The third-order valence-electron chi connectivity index (χ3n) is 4.97. The second-order valence-electron chi connectivity index (χ2n) is 7.18. The third-order valence-corrected chi connectivity index (χ3v) is 4.97. The van der Waals surface area contributed by atoms with Crippen LogP contribution in [-0.2, 0) is 4.79 Å². The molecular formula is C22H21N3O3. The molecule has 3 aromatic rings. The van der Waals surface area contributed by atoms with E-state index in [-0.39, 0.29) is 35.0 Å². The van der Waals surface area contributed by atoms with Crippen molar-refractivity contribution in [3.8, 4) is 0 Å². The molecule has 1 aliphatic carbocycles. The Bertz CT molecular complexity index is 1100. The zero-order valence-corrected chi connectivity index (χ0v) is 15.5. The Labute approximate surface area is 162 Å². The standard InChI is InChI=1S/C22H21N3O3/c1-13(14-8-10-17(11-9-14)24-20(26)15-6-7-15)23-22(28)19-12-16-4-2-3-5-18(16)21(27)25-19/h2-5,8-13,15H,6-7H2,1H3,(H,23,28)(H,24,26)(H,25,27). The Morgan fingerprint density at radius 2 is 1.79 bits per heavy atom. The first-order valence-corrected chi connectivity index (χ1v) is 9.35. The van der Waals surface area contributed by atoms with Gasteiger partial charge in [0.05, 0.1) is 6.04 Å². The van der Waals surface area contributed by atoms with Crippen LogP contribution in [0.2, 0.25) is 0 Å². The van der Waals surface area contributed by atoms with Gasteiger partial charge >= 0.3 is 0 Å². The highest BCUT2D eigenvalue weighted by Gasteiger charge is 2.29. The minimum atomic E-state index is -0.346. The lowest BCUT2D eigenvalue weighted by Gasteiger charge is -2.15. The number of fused-ring (bicyclic) bond motifs is 1. The van der Waals surface area contributed by atoms with E-state index < -0.39 is 0 Å². The topological polar surface area (TPSA) is 91.1 Å². The molecule has 28 heavy (non-hydrogen) atoms. The number of carbonyl (C=O) groups excluding carboxylic acids is 2. The number of rotatable bonds is 5. The van der Waals surface area contributed by atoms with Crippen molar-refractivity contribution >= 4 is 28.3 Å². The average molecular weight is 375 g/mol. The van der Waals surface area contributed by atoms with Gasteiger partial charge in [-0.05, 0) is 55.0 Å². The van der Waals surface area contributed by atoms with Crippen LogP contribution in [0.5, 0.6) is 0 Å². The van der Waals surface area contributed by atoms with Crippen LogP contribution in [0.3, 0.4) is 0 Å². The SMILES string of the molecule is CC(NC(=O)c1cc2ccccc2c(=O)[nH]1)c1ccc(NC(=O)C2CC2)cc1. The molecule has 0 spiro atoms. The Morgan fingerprint density at radius 3 is 2.50 bits per heavy atom. The number of anilines is 1. The largest absolute Gasteiger partial charge is 0.344 e. The van der Waals surface area contributed by atoms with Gasteiger partial charge in [-0.15, -0.1) is 0 Å². The van der Waals surface area contributed by atoms with Crippen molar-refractivity contribution in [1.29, 1.82) is 0 Å². The summed E-state index contributed by atoms with van der Waals surface area (Å²) in [5.74, 6) is -0.127. The average Bonchev–Trinajstić information content (AvgIpc) is 3.54. The van der Waals surface area contributed by atoms with Crippen molar-refractivity contribution in [1.82, 2.24) is 10.3 Å². The first-order valence-electron chi connectivity index (χ1n) is 9.35. The summed E-state index contributed by atoms with van der Waals surface area (Å²) < 4.78 is 0. The smallest absolute Gasteiger partial charge is 0.268 e. The molecule has 0 aliphatic heterocycles. The van der Waals surface area contributed by atoms with E-state index in [1.165, 1.54) is 0 Å². The van der Waals surface area contributed by atoms with E-state index in [9.17, 15) is 14.4 Å². The minimum absolute atomic E-state index is 0.0642. The number of nitrogens with one attached hydrogen (secondary N) is 3. The summed E-state index contributed by atoms with van der Waals surface area (Å²) in [5, 5.41) is 7.06. The van der Waals surface area contributed by atoms with Gasteiger partial charge in [0.2, 0.25) is 5.91 Å². The van der Waals surface area contributed by atoms with E-state index in [0.717, 1.165) is 29.5 Å². The predicted molar refractivity (Wildman–Crippen MR) is 108 cm³/mol. The molecule has 6 heteroatoms. The fourth-order valence-corrected chi connectivity index (χ4v) is 3.14. The summed E-state index contributed by atoms with van der Waals surface area (Å²) in [6.07, 6.45) is 1.92. The van der Waals surface area contributed by atoms with E-state index in [1.807, 2.05) is 37.3 Å². The minimum Gasteiger partial charge on any atom is -0.344 e. The predicted octanol–water partition coefficient (Wildman–Crippen LogP) is 3.37. The molecule has 1 aliphatic rings. The van der Waals surface area contributed by atoms with Crippen LogP contribution in [0.4, 0.5) is 5.69 Å². The highest BCUT2D eigenvalue weighted by Crippen LogP contribution is 2.30. The zero-order valence-electron chi connectivity index (χ0n) is 15.5. The number of hydrogen-bond acceptors (Lipinski definition) is 3. The molecule has 3 N–H and O–H groups in total. The number of benzene rings is 2. The molecule has 6 nitrogen and oxygen atoms in total. The fraction of sp³-hybridized carbons (Fsp3) is 0.227. The van der Waals surface area contributed by atoms with Gasteiger partial charge in [-0.3, -0.25) is 14.4 Å². The van der Waals surface area contributed by atoms with Crippen LogP contribution in [-0.4, -0.2) is 16.8 Å². The highest BCUT2D eigenvalue weighted by molar-refractivity contribution is 5.96. The molecule has 1 fully saturated rings. The molecule has 0 bridgehead atoms. The van der Waals surface area contributed by atoms with Crippen molar-refractivity contribution < 1.29 is 9.59 Å². The Hall–Kier alpha value is -3.41. The maximum absolute atomic E-state index is 12.6. The van der Waals surface area contributed by atoms with Gasteiger partial charge < -0.3 is 15.6 Å². The highest BCUT2D eigenvalue weighted by atomic mass is 16.2. The van der Waals surface area contributed by atoms with Gasteiger partial charge in [-0.2, -0.15) is 0 Å². The lowest BCUT2D eigenvalue weighted by Crippen LogP contribution is -2.29. The van der Waals surface area contributed by atoms with E-state index in [4.69, 9.17) is 0 Å². The zero-order chi connectivity index (χ0) is 19.7. The molecule has 0 saturated heterocycles. The number of carbonyl (C=O) groups is 2. The normalized spacial score (nSPS) is 14.5. The van der Waals surface area contributed by atoms with Crippen LogP contribution >= 0.6 is 0 Å². The quantitative estimate of drug-likeness (QED) is 0.638. The van der Waals surface area contributed by atoms with Crippen LogP contribution in [0.25, 0.3) is 10.8 Å². The van der Waals surface area contributed by atoms with Gasteiger partial charge in [0.15, 0.2) is 0 Å². The molecule has 1 heterocycles. The molecule has 1 atom stereocenters. The maximum atomic E-state index is 12.6. The van der Waals surface area contributed by atoms with E-state index >= 15 is 0 Å². The van der Waals surface area contributed by atoms with Crippen LogP contribution in [0.1, 0.15) is 41.9 Å². The summed E-state index contributed by atoms with van der Waals surface area (Å²) in [7, 11) is 0. The summed E-state index contributed by atoms with van der Waals surface area (Å²) in [4.78, 5) is 39.2. The van der Waals surface area contributed by atoms with Crippen LogP contribution < -0.4 is 16.2 Å². The number of hydrogen-bond donors (Lipinski definition) is 3. The Kier molecular flexibility index (Phi) is 4.69. The molecule has 2 aromatic carbocycles. The van der Waals surface area contributed by atoms with Crippen molar-refractivity contribution in [2.75, 3.05) is 5.32 Å². The van der Waals surface area contributed by atoms with Gasteiger partial charge in [-0.1, -0.05) is 30.3 Å². The second kappa shape index (κ2) is 7.31. The molecule has 1 unspecified atom stereocenters. The molecule has 142 valence electrons. The second-order valence-corrected chi connectivity index (χ2v) is 7.18. The fourth-order valence-electron chi connectivity index (χ4n) is 3.14. The number of H-pyrrole nitrogens is 1. The maximum Gasteiger partial charge on any atom is 0.268 e. The van der Waals surface area contributed by atoms with Crippen LogP contribution in [0.15, 0.2) is 59.4 Å². The summed E-state index contributed by atoms with van der Waals surface area (Å²) in [6.45, 7) is 1.87. The van der Waals surface area contributed by atoms with E-state index in [0.29, 0.717) is 5.39 Å². The molecule has 1 saturated carbocycles. The number of amides is 2. The first kappa shape index (κ1) is 18.0. The van der Waals surface area contributed by atoms with Crippen LogP contribution in [0, 0.1) is 5.92 Å². The van der Waals surface area contributed by atoms with Gasteiger partial charge in [0, 0.05) is 17.0 Å². The lowest BCUT2D eigenvalue weighted by atomic mass is 10.1. The number of pyridine rings is 1. The summed E-state index contributed by atoms with van der Waals surface area (Å²) in [5.41, 5.74) is 1.59. The Balaban J connectivity index is 1.45. The number of aromatic nitrogens is 1.